The standard InChI is InChI=1S/C10H12N2O/c11-10(9-6-7-13-12-9)8-4-2-1-3-5-8/h1-5,10H,6-7,11H2/t10-/m0/s1. The molecule has 3 heteroatoms. The zero-order chi connectivity index (χ0) is 9.10. The van der Waals surface area contributed by atoms with Crippen LogP contribution in [0.3, 0.4) is 0 Å². The van der Waals surface area contributed by atoms with Gasteiger partial charge in [-0.25, -0.2) is 0 Å². The Morgan fingerprint density at radius 1 is 1.31 bits per heavy atom. The number of nitrogens with two attached hydrogens (primary N) is 1. The van der Waals surface area contributed by atoms with Gasteiger partial charge in [-0.1, -0.05) is 35.5 Å². The van der Waals surface area contributed by atoms with Gasteiger partial charge in [0.15, 0.2) is 0 Å². The number of hydrogen-bond donors (Lipinski definition) is 1. The van der Waals surface area contributed by atoms with Crippen molar-refractivity contribution in [3.63, 3.8) is 0 Å². The molecule has 0 aliphatic carbocycles. The van der Waals surface area contributed by atoms with Gasteiger partial charge in [0.1, 0.15) is 6.61 Å². The summed E-state index contributed by atoms with van der Waals surface area (Å²) in [4.78, 5) is 4.91. The van der Waals surface area contributed by atoms with Crippen molar-refractivity contribution in [1.82, 2.24) is 0 Å². The molecular formula is C10H12N2O. The summed E-state index contributed by atoms with van der Waals surface area (Å²) in [5.41, 5.74) is 8.02. The third kappa shape index (κ3) is 1.70. The van der Waals surface area contributed by atoms with Gasteiger partial charge in [0.05, 0.1) is 11.8 Å². The maximum absolute atomic E-state index is 5.99. The molecule has 1 aromatic carbocycles. The molecule has 68 valence electrons. The second-order valence-corrected chi connectivity index (χ2v) is 3.05. The molecule has 3 nitrogen and oxygen atoms in total. The van der Waals surface area contributed by atoms with E-state index in [0.29, 0.717) is 6.61 Å². The van der Waals surface area contributed by atoms with Crippen molar-refractivity contribution in [2.45, 2.75) is 12.5 Å². The monoisotopic (exact) mass is 176 g/mol. The maximum atomic E-state index is 5.99. The van der Waals surface area contributed by atoms with E-state index in [2.05, 4.69) is 5.16 Å². The molecule has 1 aliphatic heterocycles. The van der Waals surface area contributed by atoms with E-state index in [-0.39, 0.29) is 6.04 Å². The Hall–Kier alpha value is -1.35. The Morgan fingerprint density at radius 3 is 2.69 bits per heavy atom. The Bertz CT molecular complexity index is 308. The number of nitrogens with zero attached hydrogens (tertiary/aromatic N) is 1. The lowest BCUT2D eigenvalue weighted by molar-refractivity contribution is 0.173. The first-order chi connectivity index (χ1) is 6.38. The molecule has 0 saturated carbocycles. The van der Waals surface area contributed by atoms with E-state index in [9.17, 15) is 0 Å². The quantitative estimate of drug-likeness (QED) is 0.741. The Morgan fingerprint density at radius 2 is 2.08 bits per heavy atom. The highest BCUT2D eigenvalue weighted by molar-refractivity contribution is 5.90. The van der Waals surface area contributed by atoms with Gasteiger partial charge < -0.3 is 10.6 Å². The van der Waals surface area contributed by atoms with Crippen molar-refractivity contribution in [2.24, 2.45) is 10.9 Å². The average molecular weight is 176 g/mol. The summed E-state index contributed by atoms with van der Waals surface area (Å²) in [6.07, 6.45) is 0.843. The van der Waals surface area contributed by atoms with Crippen molar-refractivity contribution in [2.75, 3.05) is 6.61 Å². The number of hydrogen-bond acceptors (Lipinski definition) is 3. The number of oxime groups is 1. The fourth-order valence-electron chi connectivity index (χ4n) is 1.39. The van der Waals surface area contributed by atoms with E-state index < -0.39 is 0 Å². The summed E-state index contributed by atoms with van der Waals surface area (Å²) in [6, 6.07) is 9.83. The Labute approximate surface area is 77.2 Å². The smallest absolute Gasteiger partial charge is 0.122 e. The fraction of sp³-hybridized carbons (Fsp3) is 0.300. The van der Waals surface area contributed by atoms with Crippen LogP contribution in [0.4, 0.5) is 0 Å². The number of rotatable bonds is 2. The molecule has 1 aliphatic rings. The molecule has 0 spiro atoms. The first kappa shape index (κ1) is 8.26. The largest absolute Gasteiger partial charge is 0.395 e. The summed E-state index contributed by atoms with van der Waals surface area (Å²) >= 11 is 0. The van der Waals surface area contributed by atoms with Crippen molar-refractivity contribution < 1.29 is 4.84 Å². The van der Waals surface area contributed by atoms with Crippen LogP contribution < -0.4 is 5.73 Å². The van der Waals surface area contributed by atoms with E-state index in [0.717, 1.165) is 17.7 Å². The van der Waals surface area contributed by atoms with Crippen LogP contribution in [0.15, 0.2) is 35.5 Å². The summed E-state index contributed by atoms with van der Waals surface area (Å²) in [7, 11) is 0. The highest BCUT2D eigenvalue weighted by Crippen LogP contribution is 2.16. The van der Waals surface area contributed by atoms with Gasteiger partial charge in [0.2, 0.25) is 0 Å². The van der Waals surface area contributed by atoms with Gasteiger partial charge in [-0.2, -0.15) is 0 Å². The molecule has 0 bridgehead atoms. The van der Waals surface area contributed by atoms with Crippen LogP contribution >= 0.6 is 0 Å². The van der Waals surface area contributed by atoms with Crippen LogP contribution in [0.25, 0.3) is 0 Å². The zero-order valence-corrected chi connectivity index (χ0v) is 7.31. The zero-order valence-electron chi connectivity index (χ0n) is 7.31. The lowest BCUT2D eigenvalue weighted by atomic mass is 10.0. The van der Waals surface area contributed by atoms with Crippen LogP contribution in [-0.2, 0) is 4.84 Å². The van der Waals surface area contributed by atoms with Gasteiger partial charge in [-0.3, -0.25) is 0 Å². The van der Waals surface area contributed by atoms with Gasteiger partial charge in [0, 0.05) is 6.42 Å². The van der Waals surface area contributed by atoms with Crippen LogP contribution in [0, 0.1) is 0 Å². The molecule has 0 radical (unpaired) electrons. The Kier molecular flexibility index (Phi) is 2.27. The van der Waals surface area contributed by atoms with Crippen LogP contribution in [0.2, 0.25) is 0 Å². The third-order valence-corrected chi connectivity index (χ3v) is 2.15. The summed E-state index contributed by atoms with van der Waals surface area (Å²) in [6.45, 7) is 0.663. The topological polar surface area (TPSA) is 47.6 Å². The second-order valence-electron chi connectivity index (χ2n) is 3.05. The first-order valence-electron chi connectivity index (χ1n) is 4.37. The predicted molar refractivity (Wildman–Crippen MR) is 51.4 cm³/mol. The molecule has 13 heavy (non-hydrogen) atoms. The molecular weight excluding hydrogens is 164 g/mol. The minimum atomic E-state index is -0.108. The molecule has 1 heterocycles. The molecule has 0 unspecified atom stereocenters. The SMILES string of the molecule is N[C@H](C1=NOCC1)c1ccccc1. The van der Waals surface area contributed by atoms with Crippen molar-refractivity contribution in [3.8, 4) is 0 Å². The molecule has 1 atom stereocenters. The van der Waals surface area contributed by atoms with Crippen LogP contribution in [-0.4, -0.2) is 12.3 Å². The van der Waals surface area contributed by atoms with E-state index in [1.165, 1.54) is 0 Å². The van der Waals surface area contributed by atoms with Crippen molar-refractivity contribution >= 4 is 5.71 Å². The van der Waals surface area contributed by atoms with Gasteiger partial charge in [-0.15, -0.1) is 0 Å². The van der Waals surface area contributed by atoms with Crippen LogP contribution in [0.1, 0.15) is 18.0 Å². The lowest BCUT2D eigenvalue weighted by Crippen LogP contribution is -2.19. The van der Waals surface area contributed by atoms with Gasteiger partial charge in [-0.05, 0) is 5.56 Å². The summed E-state index contributed by atoms with van der Waals surface area (Å²) in [5, 5.41) is 3.90. The molecule has 0 aromatic heterocycles. The van der Waals surface area contributed by atoms with Gasteiger partial charge >= 0.3 is 0 Å². The lowest BCUT2D eigenvalue weighted by Gasteiger charge is -2.09. The minimum absolute atomic E-state index is 0.108. The maximum Gasteiger partial charge on any atom is 0.122 e. The molecule has 0 fully saturated rings. The summed E-state index contributed by atoms with van der Waals surface area (Å²) < 4.78 is 0. The number of benzene rings is 1. The molecule has 2 rings (SSSR count). The third-order valence-electron chi connectivity index (χ3n) is 2.15. The van der Waals surface area contributed by atoms with Crippen molar-refractivity contribution in [3.05, 3.63) is 35.9 Å². The van der Waals surface area contributed by atoms with E-state index in [1.54, 1.807) is 0 Å². The van der Waals surface area contributed by atoms with E-state index >= 15 is 0 Å². The van der Waals surface area contributed by atoms with E-state index in [4.69, 9.17) is 10.6 Å². The second kappa shape index (κ2) is 3.58. The summed E-state index contributed by atoms with van der Waals surface area (Å²) in [5.74, 6) is 0. The highest BCUT2D eigenvalue weighted by Gasteiger charge is 2.17. The minimum Gasteiger partial charge on any atom is -0.395 e. The molecule has 0 amide bonds. The highest BCUT2D eigenvalue weighted by atomic mass is 16.6. The van der Waals surface area contributed by atoms with E-state index in [1.807, 2.05) is 30.3 Å². The molecule has 2 N–H and O–H groups in total. The first-order valence-corrected chi connectivity index (χ1v) is 4.37. The molecule has 1 aromatic rings. The normalized spacial score (nSPS) is 17.8. The van der Waals surface area contributed by atoms with Crippen LogP contribution in [0.5, 0.6) is 0 Å². The van der Waals surface area contributed by atoms with Crippen molar-refractivity contribution in [1.29, 1.82) is 0 Å². The predicted octanol–water partition coefficient (Wildman–Crippen LogP) is 1.46. The molecule has 0 saturated heterocycles. The average Bonchev–Trinajstić information content (AvgIpc) is 2.71. The fourth-order valence-corrected chi connectivity index (χ4v) is 1.39. The Balaban J connectivity index is 2.17. The van der Waals surface area contributed by atoms with Gasteiger partial charge in [0.25, 0.3) is 0 Å².